The van der Waals surface area contributed by atoms with Crippen LogP contribution in [0.3, 0.4) is 0 Å². The summed E-state index contributed by atoms with van der Waals surface area (Å²) in [6, 6.07) is 5.78. The van der Waals surface area contributed by atoms with Gasteiger partial charge in [0.05, 0.1) is 9.92 Å². The number of nitrogens with zero attached hydrogens (tertiary/aromatic N) is 2. The molecule has 1 aromatic carbocycles. The summed E-state index contributed by atoms with van der Waals surface area (Å²) in [5, 5.41) is 5.23. The third kappa shape index (κ3) is 3.46. The van der Waals surface area contributed by atoms with Gasteiger partial charge in [-0.3, -0.25) is 4.98 Å². The highest BCUT2D eigenvalue weighted by Gasteiger charge is 2.34. The number of benzene rings is 1. The van der Waals surface area contributed by atoms with Gasteiger partial charge in [0.25, 0.3) is 0 Å². The average molecular weight is 396 g/mol. The van der Waals surface area contributed by atoms with Gasteiger partial charge in [-0.2, -0.15) is 4.31 Å². The zero-order valence-corrected chi connectivity index (χ0v) is 16.0. The van der Waals surface area contributed by atoms with Gasteiger partial charge >= 0.3 is 0 Å². The molecule has 0 radical (unpaired) electrons. The Morgan fingerprint density at radius 2 is 1.96 bits per heavy atom. The lowest BCUT2D eigenvalue weighted by Gasteiger charge is -2.26. The van der Waals surface area contributed by atoms with E-state index in [-0.39, 0.29) is 10.9 Å². The monoisotopic (exact) mass is 395 g/mol. The van der Waals surface area contributed by atoms with Crippen molar-refractivity contribution >= 4 is 32.4 Å². The van der Waals surface area contributed by atoms with Crippen molar-refractivity contribution in [1.82, 2.24) is 14.6 Å². The van der Waals surface area contributed by atoms with Gasteiger partial charge in [-0.05, 0) is 25.3 Å². The molecule has 0 spiro atoms. The predicted octanol–water partition coefficient (Wildman–Crippen LogP) is 2.42. The molecule has 2 aliphatic heterocycles. The van der Waals surface area contributed by atoms with Gasteiger partial charge in [0.2, 0.25) is 10.0 Å². The van der Waals surface area contributed by atoms with E-state index >= 15 is 0 Å². The molecular weight excluding hydrogens is 374 g/mol. The molecule has 0 saturated carbocycles. The molecule has 1 aromatic heterocycles. The molecule has 2 aliphatic rings. The van der Waals surface area contributed by atoms with Crippen molar-refractivity contribution < 1.29 is 13.2 Å². The number of ether oxygens (including phenoxy) is 1. The summed E-state index contributed by atoms with van der Waals surface area (Å²) in [5.41, 5.74) is 0. The van der Waals surface area contributed by atoms with Crippen molar-refractivity contribution in [3.63, 3.8) is 0 Å². The molecule has 140 valence electrons. The van der Waals surface area contributed by atoms with Crippen LogP contribution in [-0.4, -0.2) is 56.1 Å². The van der Waals surface area contributed by atoms with Crippen molar-refractivity contribution in [3.8, 4) is 0 Å². The Bertz CT molecular complexity index is 894. The standard InChI is InChI=1S/C18H22ClN3O3S/c19-16-11-20-10-13-2-1-3-17(18(13)16)26(23,24)22-7-4-15(12-22)21-14-5-8-25-9-6-14/h1-3,10-11,14-15,21H,4-9,12H2/t15-/m0/s1. The summed E-state index contributed by atoms with van der Waals surface area (Å²) < 4.78 is 33.4. The fourth-order valence-corrected chi connectivity index (χ4v) is 5.85. The number of nitrogens with one attached hydrogen (secondary N) is 1. The molecule has 4 rings (SSSR count). The molecule has 0 aliphatic carbocycles. The van der Waals surface area contributed by atoms with E-state index < -0.39 is 10.0 Å². The highest BCUT2D eigenvalue weighted by Crippen LogP contribution is 2.32. The first-order valence-electron chi connectivity index (χ1n) is 8.92. The molecule has 2 aromatic rings. The van der Waals surface area contributed by atoms with E-state index in [1.54, 1.807) is 22.6 Å². The molecule has 2 saturated heterocycles. The first-order valence-corrected chi connectivity index (χ1v) is 10.7. The Morgan fingerprint density at radius 1 is 1.15 bits per heavy atom. The molecule has 6 nitrogen and oxygen atoms in total. The minimum Gasteiger partial charge on any atom is -0.381 e. The van der Waals surface area contributed by atoms with E-state index in [0.29, 0.717) is 29.5 Å². The summed E-state index contributed by atoms with van der Waals surface area (Å²) in [4.78, 5) is 4.31. The molecular formula is C18H22ClN3O3S. The van der Waals surface area contributed by atoms with Gasteiger partial charge in [-0.15, -0.1) is 0 Å². The first kappa shape index (κ1) is 18.1. The van der Waals surface area contributed by atoms with Crippen molar-refractivity contribution in [2.75, 3.05) is 26.3 Å². The zero-order chi connectivity index (χ0) is 18.1. The molecule has 1 atom stereocenters. The van der Waals surface area contributed by atoms with E-state index in [9.17, 15) is 8.42 Å². The Balaban J connectivity index is 1.56. The zero-order valence-electron chi connectivity index (χ0n) is 14.4. The van der Waals surface area contributed by atoms with E-state index in [1.165, 1.54) is 6.20 Å². The minimum atomic E-state index is -3.61. The van der Waals surface area contributed by atoms with Crippen LogP contribution in [0.25, 0.3) is 10.8 Å². The van der Waals surface area contributed by atoms with Crippen LogP contribution >= 0.6 is 11.6 Å². The summed E-state index contributed by atoms with van der Waals surface area (Å²) in [6.07, 6.45) is 5.91. The Hall–Kier alpha value is -1.25. The van der Waals surface area contributed by atoms with Gasteiger partial charge < -0.3 is 10.1 Å². The fraction of sp³-hybridized carbons (Fsp3) is 0.500. The Labute approximate surface area is 158 Å². The molecule has 0 unspecified atom stereocenters. The van der Waals surface area contributed by atoms with Crippen LogP contribution in [0.2, 0.25) is 5.02 Å². The smallest absolute Gasteiger partial charge is 0.243 e. The van der Waals surface area contributed by atoms with Crippen LogP contribution in [0.4, 0.5) is 0 Å². The van der Waals surface area contributed by atoms with Crippen molar-refractivity contribution in [2.24, 2.45) is 0 Å². The van der Waals surface area contributed by atoms with Gasteiger partial charge in [-0.1, -0.05) is 23.7 Å². The molecule has 2 fully saturated rings. The largest absolute Gasteiger partial charge is 0.381 e. The fourth-order valence-electron chi connectivity index (χ4n) is 3.79. The lowest BCUT2D eigenvalue weighted by atomic mass is 10.1. The van der Waals surface area contributed by atoms with Crippen molar-refractivity contribution in [1.29, 1.82) is 0 Å². The average Bonchev–Trinajstić information content (AvgIpc) is 3.12. The maximum Gasteiger partial charge on any atom is 0.243 e. The van der Waals surface area contributed by atoms with Crippen LogP contribution < -0.4 is 5.32 Å². The van der Waals surface area contributed by atoms with Crippen LogP contribution in [-0.2, 0) is 14.8 Å². The molecule has 3 heterocycles. The number of pyridine rings is 1. The highest BCUT2D eigenvalue weighted by molar-refractivity contribution is 7.89. The second kappa shape index (κ2) is 7.40. The van der Waals surface area contributed by atoms with E-state index in [4.69, 9.17) is 16.3 Å². The number of hydrogen-bond acceptors (Lipinski definition) is 5. The van der Waals surface area contributed by atoms with Gasteiger partial charge in [0.15, 0.2) is 0 Å². The van der Waals surface area contributed by atoms with E-state index in [2.05, 4.69) is 10.3 Å². The quantitative estimate of drug-likeness (QED) is 0.860. The second-order valence-electron chi connectivity index (χ2n) is 6.88. The number of rotatable bonds is 4. The molecule has 8 heteroatoms. The topological polar surface area (TPSA) is 71.5 Å². The maximum absolute atomic E-state index is 13.2. The Morgan fingerprint density at radius 3 is 2.77 bits per heavy atom. The van der Waals surface area contributed by atoms with Crippen molar-refractivity contribution in [2.45, 2.75) is 36.2 Å². The molecule has 26 heavy (non-hydrogen) atoms. The van der Waals surface area contributed by atoms with Crippen LogP contribution in [0.5, 0.6) is 0 Å². The third-order valence-corrected chi connectivity index (χ3v) is 7.35. The van der Waals surface area contributed by atoms with Crippen LogP contribution in [0.15, 0.2) is 35.5 Å². The number of hydrogen-bond donors (Lipinski definition) is 1. The number of sulfonamides is 1. The maximum atomic E-state index is 13.2. The summed E-state index contributed by atoms with van der Waals surface area (Å²) in [7, 11) is -3.61. The molecule has 0 bridgehead atoms. The second-order valence-corrected chi connectivity index (χ2v) is 9.19. The minimum absolute atomic E-state index is 0.181. The molecule has 0 amide bonds. The van der Waals surface area contributed by atoms with Crippen molar-refractivity contribution in [3.05, 3.63) is 35.6 Å². The van der Waals surface area contributed by atoms with E-state index in [0.717, 1.165) is 37.9 Å². The summed E-state index contributed by atoms with van der Waals surface area (Å²) in [5.74, 6) is 0. The van der Waals surface area contributed by atoms with Crippen LogP contribution in [0, 0.1) is 0 Å². The van der Waals surface area contributed by atoms with Gasteiger partial charge in [0, 0.05) is 61.6 Å². The SMILES string of the molecule is O=S(=O)(c1cccc2cncc(Cl)c12)N1CC[C@H](NC2CCOCC2)C1. The molecule has 1 N–H and O–H groups in total. The first-order chi connectivity index (χ1) is 12.6. The lowest BCUT2D eigenvalue weighted by Crippen LogP contribution is -2.43. The summed E-state index contributed by atoms with van der Waals surface area (Å²) in [6.45, 7) is 2.55. The normalized spacial score (nSPS) is 22.9. The van der Waals surface area contributed by atoms with Crippen LogP contribution in [0.1, 0.15) is 19.3 Å². The third-order valence-electron chi connectivity index (χ3n) is 5.16. The highest BCUT2D eigenvalue weighted by atomic mass is 35.5. The Kier molecular flexibility index (Phi) is 5.16. The lowest BCUT2D eigenvalue weighted by molar-refractivity contribution is 0.0753. The number of fused-ring (bicyclic) bond motifs is 1. The van der Waals surface area contributed by atoms with Gasteiger partial charge in [0.1, 0.15) is 0 Å². The summed E-state index contributed by atoms with van der Waals surface area (Å²) >= 11 is 6.26. The predicted molar refractivity (Wildman–Crippen MR) is 101 cm³/mol. The van der Waals surface area contributed by atoms with E-state index in [1.807, 2.05) is 6.07 Å². The number of aromatic nitrogens is 1. The van der Waals surface area contributed by atoms with Gasteiger partial charge in [-0.25, -0.2) is 8.42 Å². The number of halogens is 1.